The molecule has 1 heterocycles. The summed E-state index contributed by atoms with van der Waals surface area (Å²) >= 11 is 0. The van der Waals surface area contributed by atoms with Gasteiger partial charge in [0, 0.05) is 0 Å². The number of ether oxygens (including phenoxy) is 1. The van der Waals surface area contributed by atoms with E-state index in [0.29, 0.717) is 18.1 Å². The fourth-order valence-electron chi connectivity index (χ4n) is 1.44. The van der Waals surface area contributed by atoms with Gasteiger partial charge in [-0.15, -0.1) is 0 Å². The number of rotatable bonds is 5. The molecule has 2 aromatic rings. The fraction of sp³-hybridized carbons (Fsp3) is 0.250. The van der Waals surface area contributed by atoms with Crippen molar-refractivity contribution in [2.24, 2.45) is 0 Å². The Morgan fingerprint density at radius 1 is 1.35 bits per heavy atom. The summed E-state index contributed by atoms with van der Waals surface area (Å²) in [5.41, 5.74) is 1.05. The Balaban J connectivity index is 2.05. The van der Waals surface area contributed by atoms with Crippen LogP contribution in [0.5, 0.6) is 5.75 Å². The van der Waals surface area contributed by atoms with Crippen LogP contribution in [0.25, 0.3) is 0 Å². The number of nitrogens with zero attached hydrogens (tertiary/aromatic N) is 2. The first-order chi connectivity index (χ1) is 8.31. The SMILES string of the molecule is COc1ccc(Cc2nc(CC=O)no2)cc1. The first kappa shape index (κ1) is 11.3. The van der Waals surface area contributed by atoms with Crippen LogP contribution in [0.4, 0.5) is 0 Å². The molecule has 1 aromatic heterocycles. The largest absolute Gasteiger partial charge is 0.497 e. The highest BCUT2D eigenvalue weighted by atomic mass is 16.5. The Labute approximate surface area is 98.4 Å². The molecule has 0 bridgehead atoms. The summed E-state index contributed by atoms with van der Waals surface area (Å²) in [6, 6.07) is 7.61. The maximum Gasteiger partial charge on any atom is 0.231 e. The predicted molar refractivity (Wildman–Crippen MR) is 59.9 cm³/mol. The van der Waals surface area contributed by atoms with Crippen molar-refractivity contribution >= 4 is 6.29 Å². The highest BCUT2D eigenvalue weighted by Crippen LogP contribution is 2.14. The Kier molecular flexibility index (Phi) is 3.49. The Morgan fingerprint density at radius 3 is 2.76 bits per heavy atom. The maximum atomic E-state index is 10.3. The van der Waals surface area contributed by atoms with E-state index in [4.69, 9.17) is 9.26 Å². The topological polar surface area (TPSA) is 65.2 Å². The maximum absolute atomic E-state index is 10.3. The minimum atomic E-state index is 0.187. The summed E-state index contributed by atoms with van der Waals surface area (Å²) in [7, 11) is 1.62. The molecule has 1 aromatic carbocycles. The van der Waals surface area contributed by atoms with Crippen molar-refractivity contribution in [1.29, 1.82) is 0 Å². The number of carbonyl (C=O) groups is 1. The predicted octanol–water partition coefficient (Wildman–Crippen LogP) is 1.41. The zero-order valence-electron chi connectivity index (χ0n) is 9.42. The zero-order valence-corrected chi connectivity index (χ0v) is 9.42. The first-order valence-corrected chi connectivity index (χ1v) is 5.20. The van der Waals surface area contributed by atoms with Crippen LogP contribution in [-0.4, -0.2) is 23.5 Å². The number of aldehydes is 1. The smallest absolute Gasteiger partial charge is 0.231 e. The lowest BCUT2D eigenvalue weighted by Crippen LogP contribution is -1.91. The Hall–Kier alpha value is -2.17. The van der Waals surface area contributed by atoms with Gasteiger partial charge in [-0.05, 0) is 17.7 Å². The van der Waals surface area contributed by atoms with Gasteiger partial charge >= 0.3 is 0 Å². The molecule has 88 valence electrons. The number of benzene rings is 1. The molecule has 5 nitrogen and oxygen atoms in total. The molecule has 0 aliphatic heterocycles. The molecule has 0 fully saturated rings. The molecule has 17 heavy (non-hydrogen) atoms. The monoisotopic (exact) mass is 232 g/mol. The molecule has 2 rings (SSSR count). The van der Waals surface area contributed by atoms with Gasteiger partial charge in [0.15, 0.2) is 5.82 Å². The van der Waals surface area contributed by atoms with Crippen molar-refractivity contribution in [3.8, 4) is 5.75 Å². The molecular formula is C12H12N2O3. The molecule has 0 saturated carbocycles. The molecule has 0 spiro atoms. The summed E-state index contributed by atoms with van der Waals surface area (Å²) < 4.78 is 10.1. The summed E-state index contributed by atoms with van der Waals surface area (Å²) in [5.74, 6) is 1.73. The molecule has 0 aliphatic carbocycles. The van der Waals surface area contributed by atoms with Crippen molar-refractivity contribution in [2.45, 2.75) is 12.8 Å². The summed E-state index contributed by atoms with van der Waals surface area (Å²) in [6.07, 6.45) is 1.49. The minimum Gasteiger partial charge on any atom is -0.497 e. The van der Waals surface area contributed by atoms with Crippen LogP contribution in [-0.2, 0) is 17.6 Å². The lowest BCUT2D eigenvalue weighted by atomic mass is 10.1. The number of aromatic nitrogens is 2. The molecule has 0 atom stereocenters. The van der Waals surface area contributed by atoms with E-state index in [-0.39, 0.29) is 6.42 Å². The van der Waals surface area contributed by atoms with Gasteiger partial charge < -0.3 is 14.1 Å². The van der Waals surface area contributed by atoms with Crippen molar-refractivity contribution in [2.75, 3.05) is 7.11 Å². The van der Waals surface area contributed by atoms with Gasteiger partial charge in [0.1, 0.15) is 12.0 Å². The number of methoxy groups -OCH3 is 1. The quantitative estimate of drug-likeness (QED) is 0.729. The van der Waals surface area contributed by atoms with Crippen LogP contribution < -0.4 is 4.74 Å². The molecule has 0 aliphatic rings. The molecule has 0 radical (unpaired) electrons. The van der Waals surface area contributed by atoms with E-state index in [0.717, 1.165) is 17.6 Å². The van der Waals surface area contributed by atoms with Gasteiger partial charge in [0.05, 0.1) is 20.0 Å². The molecule has 0 amide bonds. The van der Waals surface area contributed by atoms with Crippen LogP contribution in [0.15, 0.2) is 28.8 Å². The van der Waals surface area contributed by atoms with Crippen molar-refractivity contribution in [3.63, 3.8) is 0 Å². The van der Waals surface area contributed by atoms with Crippen molar-refractivity contribution < 1.29 is 14.1 Å². The van der Waals surface area contributed by atoms with Gasteiger partial charge in [-0.3, -0.25) is 0 Å². The van der Waals surface area contributed by atoms with Gasteiger partial charge in [0.2, 0.25) is 5.89 Å². The van der Waals surface area contributed by atoms with E-state index in [1.165, 1.54) is 0 Å². The third kappa shape index (κ3) is 2.90. The van der Waals surface area contributed by atoms with Gasteiger partial charge in [-0.1, -0.05) is 17.3 Å². The van der Waals surface area contributed by atoms with E-state index in [9.17, 15) is 4.79 Å². The number of hydrogen-bond donors (Lipinski definition) is 0. The Morgan fingerprint density at radius 2 is 2.12 bits per heavy atom. The van der Waals surface area contributed by atoms with Gasteiger partial charge in [0.25, 0.3) is 0 Å². The Bertz CT molecular complexity index is 491. The highest BCUT2D eigenvalue weighted by molar-refractivity contribution is 5.52. The van der Waals surface area contributed by atoms with E-state index < -0.39 is 0 Å². The second-order valence-corrected chi connectivity index (χ2v) is 3.50. The lowest BCUT2D eigenvalue weighted by molar-refractivity contribution is -0.107. The fourth-order valence-corrected chi connectivity index (χ4v) is 1.44. The summed E-state index contributed by atoms with van der Waals surface area (Å²) in [4.78, 5) is 14.4. The van der Waals surface area contributed by atoms with Crippen molar-refractivity contribution in [1.82, 2.24) is 10.1 Å². The molecule has 0 N–H and O–H groups in total. The normalized spacial score (nSPS) is 10.2. The molecule has 0 unspecified atom stereocenters. The second kappa shape index (κ2) is 5.25. The third-order valence-corrected chi connectivity index (χ3v) is 2.29. The standard InChI is InChI=1S/C12H12N2O3/c1-16-10-4-2-9(3-5-10)8-12-13-11(6-7-15)14-17-12/h2-5,7H,6,8H2,1H3. The van der Waals surface area contributed by atoms with Crippen LogP contribution in [0.3, 0.4) is 0 Å². The summed E-state index contributed by atoms with van der Waals surface area (Å²) in [6.45, 7) is 0. The molecule has 0 saturated heterocycles. The van der Waals surface area contributed by atoms with E-state index in [1.54, 1.807) is 7.11 Å². The van der Waals surface area contributed by atoms with Crippen LogP contribution in [0.2, 0.25) is 0 Å². The van der Waals surface area contributed by atoms with Crippen LogP contribution >= 0.6 is 0 Å². The average molecular weight is 232 g/mol. The van der Waals surface area contributed by atoms with Crippen LogP contribution in [0.1, 0.15) is 17.3 Å². The molecule has 5 heteroatoms. The minimum absolute atomic E-state index is 0.187. The summed E-state index contributed by atoms with van der Waals surface area (Å²) in [5, 5.41) is 3.69. The number of carbonyl (C=O) groups excluding carboxylic acids is 1. The van der Waals surface area contributed by atoms with E-state index in [2.05, 4.69) is 10.1 Å². The van der Waals surface area contributed by atoms with E-state index in [1.807, 2.05) is 24.3 Å². The van der Waals surface area contributed by atoms with Crippen LogP contribution in [0, 0.1) is 0 Å². The van der Waals surface area contributed by atoms with Gasteiger partial charge in [-0.2, -0.15) is 4.98 Å². The zero-order chi connectivity index (χ0) is 12.1. The van der Waals surface area contributed by atoms with Crippen molar-refractivity contribution in [3.05, 3.63) is 41.5 Å². The molecular weight excluding hydrogens is 220 g/mol. The first-order valence-electron chi connectivity index (χ1n) is 5.20. The highest BCUT2D eigenvalue weighted by Gasteiger charge is 2.06. The average Bonchev–Trinajstić information content (AvgIpc) is 2.78. The van der Waals surface area contributed by atoms with E-state index >= 15 is 0 Å². The lowest BCUT2D eigenvalue weighted by Gasteiger charge is -2.00. The second-order valence-electron chi connectivity index (χ2n) is 3.50. The van der Waals surface area contributed by atoms with Gasteiger partial charge in [-0.25, -0.2) is 0 Å². The number of hydrogen-bond acceptors (Lipinski definition) is 5. The third-order valence-electron chi connectivity index (χ3n) is 2.29.